The molecule has 0 spiro atoms. The van der Waals surface area contributed by atoms with E-state index in [9.17, 15) is 22.0 Å². The molecule has 0 aliphatic carbocycles. The third-order valence-electron chi connectivity index (χ3n) is 3.01. The normalized spacial score (nSPS) is 12.9. The third-order valence-corrected chi connectivity index (χ3v) is 3.01. The summed E-state index contributed by atoms with van der Waals surface area (Å²) in [5.74, 6) is -0.788. The van der Waals surface area contributed by atoms with Gasteiger partial charge in [-0.15, -0.1) is 8.78 Å². The van der Waals surface area contributed by atoms with Crippen molar-refractivity contribution in [2.24, 2.45) is 0 Å². The Morgan fingerprint density at radius 3 is 1.66 bits per heavy atom. The minimum Gasteiger partial charge on any atom is -0.452 e. The molecule has 0 saturated carbocycles. The molecular formula is C21H25F5O3. The summed E-state index contributed by atoms with van der Waals surface area (Å²) in [6, 6.07) is 13.4. The summed E-state index contributed by atoms with van der Waals surface area (Å²) in [4.78, 5) is 0. The molecule has 0 unspecified atom stereocenters. The maximum absolute atomic E-state index is 12.3. The van der Waals surface area contributed by atoms with E-state index < -0.39 is 18.2 Å². The van der Waals surface area contributed by atoms with Crippen molar-refractivity contribution in [1.29, 1.82) is 0 Å². The van der Waals surface area contributed by atoms with Crippen LogP contribution in [0.3, 0.4) is 0 Å². The number of para-hydroxylation sites is 3. The molecule has 4 rings (SSSR count). The Labute approximate surface area is 167 Å². The van der Waals surface area contributed by atoms with Crippen LogP contribution in [0.25, 0.3) is 11.0 Å². The molecule has 0 fully saturated rings. The lowest BCUT2D eigenvalue weighted by Crippen LogP contribution is -2.25. The minimum absolute atomic E-state index is 0. The van der Waals surface area contributed by atoms with Crippen LogP contribution < -0.4 is 9.47 Å². The molecule has 0 bridgehead atoms. The summed E-state index contributed by atoms with van der Waals surface area (Å²) >= 11 is 0. The second-order valence-corrected chi connectivity index (χ2v) is 4.76. The maximum Gasteiger partial charge on any atom is 0.586 e. The van der Waals surface area contributed by atoms with Crippen molar-refractivity contribution >= 4 is 11.0 Å². The van der Waals surface area contributed by atoms with Gasteiger partial charge in [-0.05, 0) is 24.3 Å². The molecule has 0 atom stereocenters. The number of benzene rings is 2. The molecule has 0 N–H and O–H groups in total. The van der Waals surface area contributed by atoms with Gasteiger partial charge in [-0.3, -0.25) is 0 Å². The predicted octanol–water partition coefficient (Wildman–Crippen LogP) is 8.15. The minimum atomic E-state index is -4.40. The van der Waals surface area contributed by atoms with Crippen LogP contribution in [0.5, 0.6) is 11.5 Å². The van der Waals surface area contributed by atoms with Crippen molar-refractivity contribution in [3.8, 4) is 11.5 Å². The summed E-state index contributed by atoms with van der Waals surface area (Å²) in [6.45, 7) is 8.00. The molecule has 2 aromatic carbocycles. The van der Waals surface area contributed by atoms with Crippen molar-refractivity contribution in [1.82, 2.24) is 0 Å². The van der Waals surface area contributed by atoms with Gasteiger partial charge in [0, 0.05) is 5.39 Å². The molecule has 162 valence electrons. The zero-order valence-corrected chi connectivity index (χ0v) is 15.8. The molecule has 3 nitrogen and oxygen atoms in total. The van der Waals surface area contributed by atoms with Crippen LogP contribution in [0.1, 0.15) is 40.9 Å². The summed E-state index contributed by atoms with van der Waals surface area (Å²) in [5.41, 5.74) is 0.259. The van der Waals surface area contributed by atoms with E-state index in [1.54, 1.807) is 30.3 Å². The van der Waals surface area contributed by atoms with Crippen molar-refractivity contribution in [3.63, 3.8) is 0 Å². The van der Waals surface area contributed by atoms with E-state index in [0.717, 1.165) is 6.07 Å². The van der Waals surface area contributed by atoms with Gasteiger partial charge in [0.1, 0.15) is 5.58 Å². The second-order valence-electron chi connectivity index (χ2n) is 4.76. The van der Waals surface area contributed by atoms with Gasteiger partial charge in [-0.25, -0.2) is 0 Å². The van der Waals surface area contributed by atoms with E-state index in [0.29, 0.717) is 5.39 Å². The van der Waals surface area contributed by atoms with Crippen LogP contribution in [-0.2, 0) is 6.18 Å². The smallest absolute Gasteiger partial charge is 0.452 e. The van der Waals surface area contributed by atoms with Gasteiger partial charge in [0.2, 0.25) is 5.76 Å². The average Bonchev–Trinajstić information content (AvgIpc) is 3.24. The molecule has 1 aromatic heterocycles. The fourth-order valence-corrected chi connectivity index (χ4v) is 2.02. The summed E-state index contributed by atoms with van der Waals surface area (Å²) < 4.78 is 73.9. The number of rotatable bonds is 0. The molecule has 0 saturated heterocycles. The van der Waals surface area contributed by atoms with Gasteiger partial charge in [-0.2, -0.15) is 13.2 Å². The molecule has 29 heavy (non-hydrogen) atoms. The lowest BCUT2D eigenvalue weighted by atomic mass is 10.2. The fourth-order valence-electron chi connectivity index (χ4n) is 2.02. The zero-order valence-electron chi connectivity index (χ0n) is 15.8. The van der Waals surface area contributed by atoms with E-state index >= 15 is 0 Å². The topological polar surface area (TPSA) is 31.6 Å². The molecule has 3 aromatic rings. The van der Waals surface area contributed by atoms with Crippen LogP contribution >= 0.6 is 0 Å². The molecule has 0 radical (unpaired) electrons. The van der Waals surface area contributed by atoms with Crippen molar-refractivity contribution in [2.45, 2.75) is 47.6 Å². The van der Waals surface area contributed by atoms with E-state index in [1.165, 1.54) is 18.2 Å². The number of ether oxygens (including phenoxy) is 2. The number of furan rings is 1. The SMILES string of the molecule is C.CC.CC.FC(F)(F)c1cc2ccccc2o1.FC1(F)Oc2ccccc2O1. The Hall–Kier alpha value is -2.77. The number of halogens is 5. The quantitative estimate of drug-likeness (QED) is 0.344. The number of fused-ring (bicyclic) bond motifs is 2. The zero-order chi connectivity index (χ0) is 21.4. The second kappa shape index (κ2) is 11.3. The Kier molecular flexibility index (Phi) is 10.2. The van der Waals surface area contributed by atoms with Crippen molar-refractivity contribution in [3.05, 3.63) is 60.4 Å². The van der Waals surface area contributed by atoms with Crippen LogP contribution in [0.4, 0.5) is 22.0 Å². The Morgan fingerprint density at radius 1 is 0.759 bits per heavy atom. The molecule has 2 heterocycles. The van der Waals surface area contributed by atoms with E-state index in [2.05, 4.69) is 13.9 Å². The highest BCUT2D eigenvalue weighted by Crippen LogP contribution is 2.40. The third kappa shape index (κ3) is 7.29. The monoisotopic (exact) mass is 420 g/mol. The van der Waals surface area contributed by atoms with E-state index in [-0.39, 0.29) is 24.5 Å². The summed E-state index contributed by atoms with van der Waals surface area (Å²) in [7, 11) is 0. The van der Waals surface area contributed by atoms with Crippen LogP contribution in [0.15, 0.2) is 59.0 Å². The Balaban J connectivity index is 0.000000452. The average molecular weight is 420 g/mol. The van der Waals surface area contributed by atoms with Gasteiger partial charge in [0.05, 0.1) is 0 Å². The van der Waals surface area contributed by atoms with Crippen molar-refractivity contribution in [2.75, 3.05) is 0 Å². The highest BCUT2D eigenvalue weighted by Gasteiger charge is 2.43. The maximum atomic E-state index is 12.3. The van der Waals surface area contributed by atoms with Gasteiger partial charge < -0.3 is 13.9 Å². The highest BCUT2D eigenvalue weighted by atomic mass is 19.4. The van der Waals surface area contributed by atoms with E-state index in [4.69, 9.17) is 0 Å². The van der Waals surface area contributed by atoms with Crippen LogP contribution in [-0.4, -0.2) is 6.29 Å². The number of hydrogen-bond donors (Lipinski definition) is 0. The summed E-state index contributed by atoms with van der Waals surface area (Å²) in [5, 5.41) is 0.467. The Morgan fingerprint density at radius 2 is 1.21 bits per heavy atom. The van der Waals surface area contributed by atoms with Gasteiger partial charge in [0.25, 0.3) is 0 Å². The highest BCUT2D eigenvalue weighted by molar-refractivity contribution is 5.77. The molecular weight excluding hydrogens is 395 g/mol. The lowest BCUT2D eigenvalue weighted by Gasteiger charge is -2.04. The fraction of sp³-hybridized carbons (Fsp3) is 0.333. The first kappa shape index (κ1) is 26.2. The Bertz CT molecular complexity index is 797. The predicted molar refractivity (Wildman–Crippen MR) is 103 cm³/mol. The molecule has 1 aliphatic heterocycles. The van der Waals surface area contributed by atoms with Gasteiger partial charge in [-0.1, -0.05) is 65.5 Å². The van der Waals surface area contributed by atoms with Crippen molar-refractivity contribution < 1.29 is 35.8 Å². The number of alkyl halides is 5. The molecule has 8 heteroatoms. The first-order valence-corrected chi connectivity index (χ1v) is 8.65. The van der Waals surface area contributed by atoms with E-state index in [1.807, 2.05) is 27.7 Å². The first-order chi connectivity index (χ1) is 13.2. The lowest BCUT2D eigenvalue weighted by molar-refractivity contribution is -0.286. The van der Waals surface area contributed by atoms with Gasteiger partial charge in [0.15, 0.2) is 11.5 Å². The van der Waals surface area contributed by atoms with Crippen LogP contribution in [0.2, 0.25) is 0 Å². The summed E-state index contributed by atoms with van der Waals surface area (Å²) in [6.07, 6.45) is -7.90. The van der Waals surface area contributed by atoms with Crippen LogP contribution in [0, 0.1) is 0 Å². The first-order valence-electron chi connectivity index (χ1n) is 8.65. The number of hydrogen-bond acceptors (Lipinski definition) is 3. The largest absolute Gasteiger partial charge is 0.586 e. The molecule has 0 amide bonds. The standard InChI is InChI=1S/C9H5F3O.C7H4F2O2.2C2H6.CH4/c10-9(11,12)8-5-6-3-1-2-4-7(6)13-8;8-7(9)10-5-3-1-2-4-6(5)11-7;2*1-2;/h1-5H;1-4H;2*1-2H3;1H4. The van der Waals surface area contributed by atoms with Gasteiger partial charge >= 0.3 is 12.5 Å². The molecule has 1 aliphatic rings.